The summed E-state index contributed by atoms with van der Waals surface area (Å²) in [6.45, 7) is 1.36. The lowest BCUT2D eigenvalue weighted by Crippen LogP contribution is -2.26. The first-order valence-electron chi connectivity index (χ1n) is 8.16. The van der Waals surface area contributed by atoms with Crippen LogP contribution in [0.25, 0.3) is 0 Å². The normalized spacial score (nSPS) is 13.6. The third-order valence-corrected chi connectivity index (χ3v) is 4.40. The molecule has 0 atom stereocenters. The molecule has 0 bridgehead atoms. The van der Waals surface area contributed by atoms with E-state index in [1.165, 1.54) is 12.8 Å². The number of amides is 1. The van der Waals surface area contributed by atoms with E-state index in [2.05, 4.69) is 10.6 Å². The van der Waals surface area contributed by atoms with Gasteiger partial charge >= 0.3 is 0 Å². The largest absolute Gasteiger partial charge is 0.392 e. The molecule has 126 valence electrons. The van der Waals surface area contributed by atoms with Crippen LogP contribution in [0, 0.1) is 5.92 Å². The van der Waals surface area contributed by atoms with Crippen LogP contribution in [0.2, 0.25) is 5.02 Å². The van der Waals surface area contributed by atoms with E-state index in [1.807, 2.05) is 30.3 Å². The molecule has 0 spiro atoms. The number of benzene rings is 2. The first kappa shape index (κ1) is 16.8. The van der Waals surface area contributed by atoms with Crippen molar-refractivity contribution in [2.45, 2.75) is 26.0 Å². The van der Waals surface area contributed by atoms with Crippen LogP contribution in [0.1, 0.15) is 34.3 Å². The maximum Gasteiger partial charge on any atom is 0.253 e. The maximum absolute atomic E-state index is 12.4. The van der Waals surface area contributed by atoms with Gasteiger partial charge in [-0.2, -0.15) is 0 Å². The van der Waals surface area contributed by atoms with Crippen molar-refractivity contribution < 1.29 is 9.90 Å². The number of carbonyl (C=O) groups excluding carboxylic acids is 1. The van der Waals surface area contributed by atoms with Gasteiger partial charge in [0.2, 0.25) is 0 Å². The molecule has 0 heterocycles. The molecule has 1 fully saturated rings. The van der Waals surface area contributed by atoms with Crippen LogP contribution < -0.4 is 10.6 Å². The van der Waals surface area contributed by atoms with Gasteiger partial charge in [0.25, 0.3) is 5.91 Å². The minimum absolute atomic E-state index is 0.0379. The fourth-order valence-corrected chi connectivity index (χ4v) is 2.64. The topological polar surface area (TPSA) is 61.4 Å². The molecular formula is C19H21ClN2O2. The highest BCUT2D eigenvalue weighted by molar-refractivity contribution is 6.31. The van der Waals surface area contributed by atoms with Gasteiger partial charge < -0.3 is 15.7 Å². The first-order valence-corrected chi connectivity index (χ1v) is 8.54. The second-order valence-corrected chi connectivity index (χ2v) is 6.61. The van der Waals surface area contributed by atoms with Crippen molar-refractivity contribution in [3.8, 4) is 0 Å². The van der Waals surface area contributed by atoms with Gasteiger partial charge in [-0.25, -0.2) is 0 Å². The minimum atomic E-state index is -0.0949. The molecule has 1 aliphatic carbocycles. The smallest absolute Gasteiger partial charge is 0.253 e. The molecule has 2 aromatic carbocycles. The number of hydrogen-bond acceptors (Lipinski definition) is 3. The van der Waals surface area contributed by atoms with Crippen LogP contribution >= 0.6 is 11.6 Å². The molecule has 1 amide bonds. The number of anilines is 1. The Bertz CT molecular complexity index is 712. The summed E-state index contributed by atoms with van der Waals surface area (Å²) in [5.74, 6) is 0.539. The van der Waals surface area contributed by atoms with E-state index in [-0.39, 0.29) is 12.5 Å². The van der Waals surface area contributed by atoms with E-state index in [1.54, 1.807) is 12.1 Å². The second-order valence-electron chi connectivity index (χ2n) is 6.17. The van der Waals surface area contributed by atoms with Gasteiger partial charge in [-0.15, -0.1) is 0 Å². The number of aliphatic hydroxyl groups is 1. The van der Waals surface area contributed by atoms with E-state index >= 15 is 0 Å². The van der Waals surface area contributed by atoms with Crippen LogP contribution in [0.15, 0.2) is 42.5 Å². The molecular weight excluding hydrogens is 324 g/mol. The molecule has 0 aromatic heterocycles. The van der Waals surface area contributed by atoms with Crippen molar-refractivity contribution in [1.29, 1.82) is 0 Å². The van der Waals surface area contributed by atoms with Gasteiger partial charge in [0.05, 0.1) is 12.2 Å². The van der Waals surface area contributed by atoms with E-state index in [0.29, 0.717) is 23.0 Å². The summed E-state index contributed by atoms with van der Waals surface area (Å²) in [5, 5.41) is 15.9. The monoisotopic (exact) mass is 344 g/mol. The van der Waals surface area contributed by atoms with Crippen molar-refractivity contribution in [1.82, 2.24) is 5.32 Å². The molecule has 3 rings (SSSR count). The van der Waals surface area contributed by atoms with E-state index < -0.39 is 0 Å². The van der Waals surface area contributed by atoms with Crippen LogP contribution in [-0.4, -0.2) is 17.6 Å². The summed E-state index contributed by atoms with van der Waals surface area (Å²) < 4.78 is 0. The van der Waals surface area contributed by atoms with Crippen molar-refractivity contribution in [2.24, 2.45) is 5.92 Å². The third kappa shape index (κ3) is 4.49. The molecule has 24 heavy (non-hydrogen) atoms. The fraction of sp³-hybridized carbons (Fsp3) is 0.316. The third-order valence-electron chi connectivity index (χ3n) is 4.16. The average molecular weight is 345 g/mol. The summed E-state index contributed by atoms with van der Waals surface area (Å²) in [7, 11) is 0. The Morgan fingerprint density at radius 3 is 2.50 bits per heavy atom. The summed E-state index contributed by atoms with van der Waals surface area (Å²) >= 11 is 6.06. The van der Waals surface area contributed by atoms with Gasteiger partial charge in [0, 0.05) is 23.8 Å². The molecule has 1 aliphatic rings. The number of hydrogen-bond donors (Lipinski definition) is 3. The van der Waals surface area contributed by atoms with Crippen molar-refractivity contribution in [3.05, 3.63) is 64.2 Å². The minimum Gasteiger partial charge on any atom is -0.392 e. The zero-order valence-electron chi connectivity index (χ0n) is 13.4. The molecule has 4 nitrogen and oxygen atoms in total. The van der Waals surface area contributed by atoms with Gasteiger partial charge in [0.15, 0.2) is 0 Å². The number of carbonyl (C=O) groups is 1. The molecule has 0 unspecified atom stereocenters. The van der Waals surface area contributed by atoms with Gasteiger partial charge in [-0.1, -0.05) is 35.9 Å². The molecule has 3 N–H and O–H groups in total. The summed E-state index contributed by atoms with van der Waals surface area (Å²) in [6, 6.07) is 13.0. The Hall–Kier alpha value is -2.04. The summed E-state index contributed by atoms with van der Waals surface area (Å²) in [6.07, 6.45) is 2.40. The number of rotatable bonds is 7. The Balaban J connectivity index is 1.67. The van der Waals surface area contributed by atoms with Crippen LogP contribution in [0.3, 0.4) is 0 Å². The van der Waals surface area contributed by atoms with Gasteiger partial charge in [-0.3, -0.25) is 4.79 Å². The quantitative estimate of drug-likeness (QED) is 0.719. The Morgan fingerprint density at radius 2 is 1.83 bits per heavy atom. The van der Waals surface area contributed by atoms with Crippen LogP contribution in [0.5, 0.6) is 0 Å². The molecule has 2 aromatic rings. The molecule has 0 aliphatic heterocycles. The standard InChI is InChI=1S/C19H21ClN2O2/c20-16-7-8-18(17(9-16)19(24)22-11-14-1-2-14)21-10-13-3-5-15(12-23)6-4-13/h3-9,14,21,23H,1-2,10-12H2,(H,22,24). The molecule has 0 saturated heterocycles. The van der Waals surface area contributed by atoms with E-state index in [4.69, 9.17) is 16.7 Å². The SMILES string of the molecule is O=C(NCC1CC1)c1cc(Cl)ccc1NCc1ccc(CO)cc1. The molecule has 1 saturated carbocycles. The summed E-state index contributed by atoms with van der Waals surface area (Å²) in [5.41, 5.74) is 3.28. The predicted molar refractivity (Wildman–Crippen MR) is 96.2 cm³/mol. The Morgan fingerprint density at radius 1 is 1.12 bits per heavy atom. The van der Waals surface area contributed by atoms with Gasteiger partial charge in [0.1, 0.15) is 0 Å². The lowest BCUT2D eigenvalue weighted by Gasteiger charge is -2.13. The Labute approximate surface area is 146 Å². The van der Waals surface area contributed by atoms with E-state index in [0.717, 1.165) is 23.4 Å². The van der Waals surface area contributed by atoms with Crippen molar-refractivity contribution in [2.75, 3.05) is 11.9 Å². The molecule has 5 heteroatoms. The van der Waals surface area contributed by atoms with E-state index in [9.17, 15) is 4.79 Å². The Kier molecular flexibility index (Phi) is 5.38. The number of halogens is 1. The van der Waals surface area contributed by atoms with Crippen molar-refractivity contribution >= 4 is 23.2 Å². The van der Waals surface area contributed by atoms with Gasteiger partial charge in [-0.05, 0) is 48.1 Å². The highest BCUT2D eigenvalue weighted by atomic mass is 35.5. The van der Waals surface area contributed by atoms with Crippen LogP contribution in [-0.2, 0) is 13.2 Å². The predicted octanol–water partition coefficient (Wildman–Crippen LogP) is 3.58. The average Bonchev–Trinajstić information content (AvgIpc) is 3.43. The highest BCUT2D eigenvalue weighted by Crippen LogP contribution is 2.28. The molecule has 0 radical (unpaired) electrons. The maximum atomic E-state index is 12.4. The fourth-order valence-electron chi connectivity index (χ4n) is 2.47. The zero-order chi connectivity index (χ0) is 16.9. The number of aliphatic hydroxyl groups excluding tert-OH is 1. The summed E-state index contributed by atoms with van der Waals surface area (Å²) in [4.78, 5) is 12.4. The lowest BCUT2D eigenvalue weighted by molar-refractivity contribution is 0.0952. The van der Waals surface area contributed by atoms with Crippen LogP contribution in [0.4, 0.5) is 5.69 Å². The zero-order valence-corrected chi connectivity index (χ0v) is 14.1. The highest BCUT2D eigenvalue weighted by Gasteiger charge is 2.22. The lowest BCUT2D eigenvalue weighted by atomic mass is 10.1. The second kappa shape index (κ2) is 7.69. The van der Waals surface area contributed by atoms with Crippen molar-refractivity contribution in [3.63, 3.8) is 0 Å². The number of nitrogens with one attached hydrogen (secondary N) is 2. The first-order chi connectivity index (χ1) is 11.7.